The van der Waals surface area contributed by atoms with Gasteiger partial charge in [-0.1, -0.05) is 11.6 Å². The quantitative estimate of drug-likeness (QED) is 0.903. The molecule has 1 aliphatic carbocycles. The maximum absolute atomic E-state index is 13.5. The van der Waals surface area contributed by atoms with Crippen molar-refractivity contribution in [2.45, 2.75) is 31.7 Å². The molecule has 2 unspecified atom stereocenters. The first-order valence-corrected chi connectivity index (χ1v) is 6.16. The molecule has 1 aromatic rings. The first kappa shape index (κ1) is 12.5. The van der Waals surface area contributed by atoms with Gasteiger partial charge < -0.3 is 5.73 Å². The Hall–Kier alpha value is -0.930. The van der Waals surface area contributed by atoms with Gasteiger partial charge in [0.2, 0.25) is 0 Å². The third-order valence-corrected chi connectivity index (χ3v) is 3.54. The van der Waals surface area contributed by atoms with E-state index in [4.69, 9.17) is 17.3 Å². The van der Waals surface area contributed by atoms with E-state index in [0.717, 1.165) is 19.3 Å². The molecule has 1 fully saturated rings. The van der Waals surface area contributed by atoms with Crippen molar-refractivity contribution in [1.29, 1.82) is 0 Å². The molecule has 1 aliphatic rings. The fourth-order valence-corrected chi connectivity index (χ4v) is 2.51. The largest absolute Gasteiger partial charge is 0.328 e. The Morgan fingerprint density at radius 3 is 2.88 bits per heavy atom. The normalized spacial score (nSPS) is 23.9. The first-order chi connectivity index (χ1) is 8.06. The molecule has 0 saturated heterocycles. The lowest BCUT2D eigenvalue weighted by atomic mass is 9.96. The van der Waals surface area contributed by atoms with Crippen LogP contribution in [0.4, 0.5) is 4.39 Å². The van der Waals surface area contributed by atoms with Crippen molar-refractivity contribution in [3.63, 3.8) is 0 Å². The molecule has 0 amide bonds. The molecule has 1 saturated carbocycles. The maximum atomic E-state index is 13.5. The average molecular weight is 256 g/mol. The molecular formula is C13H15ClFNO. The number of hydrogen-bond donors (Lipinski definition) is 1. The Bertz CT molecular complexity index is 435. The molecule has 0 radical (unpaired) electrons. The number of hydrogen-bond acceptors (Lipinski definition) is 2. The Balaban J connectivity index is 2.05. The van der Waals surface area contributed by atoms with Crippen LogP contribution in [0.3, 0.4) is 0 Å². The highest BCUT2D eigenvalue weighted by Gasteiger charge is 2.27. The third-order valence-electron chi connectivity index (χ3n) is 3.30. The third kappa shape index (κ3) is 3.05. The van der Waals surface area contributed by atoms with Gasteiger partial charge in [-0.25, -0.2) is 4.39 Å². The van der Waals surface area contributed by atoms with E-state index in [1.54, 1.807) is 0 Å². The number of ketones is 1. The van der Waals surface area contributed by atoms with Crippen molar-refractivity contribution in [2.75, 3.05) is 0 Å². The molecule has 0 aromatic heterocycles. The van der Waals surface area contributed by atoms with E-state index in [9.17, 15) is 9.18 Å². The van der Waals surface area contributed by atoms with E-state index in [1.165, 1.54) is 18.2 Å². The lowest BCUT2D eigenvalue weighted by Crippen LogP contribution is -2.19. The number of carbonyl (C=O) groups is 1. The molecular weight excluding hydrogens is 241 g/mol. The van der Waals surface area contributed by atoms with Crippen LogP contribution in [0.25, 0.3) is 0 Å². The lowest BCUT2D eigenvalue weighted by Gasteiger charge is -2.09. The SMILES string of the molecule is NC1CCC(C(=O)Cc2cc(Cl)ccc2F)C1. The van der Waals surface area contributed by atoms with Gasteiger partial charge >= 0.3 is 0 Å². The zero-order valence-electron chi connectivity index (χ0n) is 9.46. The standard InChI is InChI=1S/C13H15ClFNO/c14-10-2-4-12(15)9(5-10)7-13(17)8-1-3-11(16)6-8/h2,4-5,8,11H,1,3,6-7,16H2. The van der Waals surface area contributed by atoms with Crippen LogP contribution >= 0.6 is 11.6 Å². The summed E-state index contributed by atoms with van der Waals surface area (Å²) in [6.45, 7) is 0. The van der Waals surface area contributed by atoms with E-state index in [1.807, 2.05) is 0 Å². The van der Waals surface area contributed by atoms with Gasteiger partial charge in [-0.15, -0.1) is 0 Å². The van der Waals surface area contributed by atoms with E-state index >= 15 is 0 Å². The van der Waals surface area contributed by atoms with Crippen LogP contribution in [-0.2, 0) is 11.2 Å². The highest BCUT2D eigenvalue weighted by molar-refractivity contribution is 6.30. The molecule has 0 spiro atoms. The number of rotatable bonds is 3. The van der Waals surface area contributed by atoms with Gasteiger partial charge in [0.25, 0.3) is 0 Å². The summed E-state index contributed by atoms with van der Waals surface area (Å²) in [4.78, 5) is 12.0. The molecule has 92 valence electrons. The van der Waals surface area contributed by atoms with E-state index in [-0.39, 0.29) is 30.0 Å². The number of halogens is 2. The first-order valence-electron chi connectivity index (χ1n) is 5.78. The molecule has 4 heteroatoms. The second kappa shape index (κ2) is 5.15. The predicted molar refractivity (Wildman–Crippen MR) is 65.4 cm³/mol. The maximum Gasteiger partial charge on any atom is 0.140 e. The Kier molecular flexibility index (Phi) is 3.79. The summed E-state index contributed by atoms with van der Waals surface area (Å²) in [6.07, 6.45) is 2.54. The molecule has 17 heavy (non-hydrogen) atoms. The second-order valence-corrected chi connectivity index (χ2v) is 5.09. The molecule has 2 rings (SSSR count). The molecule has 2 atom stereocenters. The summed E-state index contributed by atoms with van der Waals surface area (Å²) < 4.78 is 13.5. The smallest absolute Gasteiger partial charge is 0.140 e. The van der Waals surface area contributed by atoms with Crippen molar-refractivity contribution >= 4 is 17.4 Å². The van der Waals surface area contributed by atoms with Crippen LogP contribution in [0.15, 0.2) is 18.2 Å². The highest BCUT2D eigenvalue weighted by Crippen LogP contribution is 2.27. The number of carbonyl (C=O) groups excluding carboxylic acids is 1. The fourth-order valence-electron chi connectivity index (χ4n) is 2.32. The summed E-state index contributed by atoms with van der Waals surface area (Å²) in [5.74, 6) is -0.312. The van der Waals surface area contributed by atoms with Crippen LogP contribution in [0.5, 0.6) is 0 Å². The monoisotopic (exact) mass is 255 g/mol. The minimum absolute atomic E-state index is 0.0108. The van der Waals surface area contributed by atoms with Gasteiger partial charge in [-0.2, -0.15) is 0 Å². The predicted octanol–water partition coefficient (Wildman–Crippen LogP) is 2.72. The van der Waals surface area contributed by atoms with Gasteiger partial charge in [0, 0.05) is 23.4 Å². The van der Waals surface area contributed by atoms with Crippen molar-refractivity contribution in [3.05, 3.63) is 34.6 Å². The van der Waals surface area contributed by atoms with Gasteiger partial charge in [0.05, 0.1) is 0 Å². The molecule has 0 bridgehead atoms. The van der Waals surface area contributed by atoms with Crippen LogP contribution in [-0.4, -0.2) is 11.8 Å². The minimum atomic E-state index is -0.370. The van der Waals surface area contributed by atoms with Gasteiger partial charge in [-0.05, 0) is 43.0 Å². The molecule has 2 nitrogen and oxygen atoms in total. The highest BCUT2D eigenvalue weighted by atomic mass is 35.5. The minimum Gasteiger partial charge on any atom is -0.328 e. The molecule has 0 heterocycles. The molecule has 1 aromatic carbocycles. The van der Waals surface area contributed by atoms with Crippen LogP contribution < -0.4 is 5.73 Å². The van der Waals surface area contributed by atoms with Crippen molar-refractivity contribution < 1.29 is 9.18 Å². The van der Waals surface area contributed by atoms with Crippen molar-refractivity contribution in [3.8, 4) is 0 Å². The number of nitrogens with two attached hydrogens (primary N) is 1. The Morgan fingerprint density at radius 1 is 1.47 bits per heavy atom. The number of Topliss-reactive ketones (excluding diaryl/α,β-unsaturated/α-hetero) is 1. The van der Waals surface area contributed by atoms with Gasteiger partial charge in [-0.3, -0.25) is 4.79 Å². The lowest BCUT2D eigenvalue weighted by molar-refractivity contribution is -0.122. The van der Waals surface area contributed by atoms with Gasteiger partial charge in [0.1, 0.15) is 11.6 Å². The Morgan fingerprint density at radius 2 is 2.24 bits per heavy atom. The molecule has 0 aliphatic heterocycles. The van der Waals surface area contributed by atoms with Crippen molar-refractivity contribution in [1.82, 2.24) is 0 Å². The van der Waals surface area contributed by atoms with Crippen LogP contribution in [0.2, 0.25) is 5.02 Å². The van der Waals surface area contributed by atoms with E-state index in [0.29, 0.717) is 10.6 Å². The summed E-state index contributed by atoms with van der Waals surface area (Å²) in [6, 6.07) is 4.42. The van der Waals surface area contributed by atoms with Crippen molar-refractivity contribution in [2.24, 2.45) is 11.7 Å². The Labute approximate surface area is 105 Å². The van der Waals surface area contributed by atoms with Crippen LogP contribution in [0.1, 0.15) is 24.8 Å². The average Bonchev–Trinajstić information content (AvgIpc) is 2.70. The van der Waals surface area contributed by atoms with E-state index in [2.05, 4.69) is 0 Å². The summed E-state index contributed by atoms with van der Waals surface area (Å²) in [7, 11) is 0. The van der Waals surface area contributed by atoms with E-state index < -0.39 is 0 Å². The fraction of sp³-hybridized carbons (Fsp3) is 0.462. The van der Waals surface area contributed by atoms with Crippen LogP contribution in [0, 0.1) is 11.7 Å². The second-order valence-electron chi connectivity index (χ2n) is 4.65. The topological polar surface area (TPSA) is 43.1 Å². The zero-order chi connectivity index (χ0) is 12.4. The molecule has 2 N–H and O–H groups in total. The number of benzene rings is 1. The zero-order valence-corrected chi connectivity index (χ0v) is 10.2. The summed E-state index contributed by atoms with van der Waals surface area (Å²) in [5.41, 5.74) is 6.14. The summed E-state index contributed by atoms with van der Waals surface area (Å²) in [5, 5.41) is 0.456. The van der Waals surface area contributed by atoms with Gasteiger partial charge in [0.15, 0.2) is 0 Å². The summed E-state index contributed by atoms with van der Waals surface area (Å²) >= 11 is 5.79.